The van der Waals surface area contributed by atoms with Crippen molar-refractivity contribution in [3.05, 3.63) is 24.2 Å². The Bertz CT molecular complexity index is 199. The van der Waals surface area contributed by atoms with Gasteiger partial charge in [-0.05, 0) is 19.3 Å². The fourth-order valence-electron chi connectivity index (χ4n) is 1.77. The lowest BCUT2D eigenvalue weighted by Gasteiger charge is -2.31. The van der Waals surface area contributed by atoms with Gasteiger partial charge in [-0.3, -0.25) is 0 Å². The molecule has 0 bridgehead atoms. The molecule has 0 aliphatic carbocycles. The minimum atomic E-state index is 0.593. The summed E-state index contributed by atoms with van der Waals surface area (Å²) < 4.78 is 0. The van der Waals surface area contributed by atoms with Crippen molar-refractivity contribution in [2.75, 3.05) is 19.3 Å². The standard InChI is InChI=1S/C10H18BNS/c1-4-12(5-2)10-8-6-7-9-11(10)13-3/h6-10H,4-5H2,1-3H3. The molecule has 0 amide bonds. The molecule has 0 aromatic heterocycles. The predicted octanol–water partition coefficient (Wildman–Crippen LogP) is 2.26. The molecule has 0 aromatic rings. The van der Waals surface area contributed by atoms with Gasteiger partial charge in [0.2, 0.25) is 0 Å². The van der Waals surface area contributed by atoms with Crippen LogP contribution in [0.15, 0.2) is 24.2 Å². The highest BCUT2D eigenvalue weighted by Gasteiger charge is 2.25. The first-order valence-electron chi connectivity index (χ1n) is 4.95. The Morgan fingerprint density at radius 2 is 2.00 bits per heavy atom. The van der Waals surface area contributed by atoms with Crippen LogP contribution in [-0.2, 0) is 0 Å². The summed E-state index contributed by atoms with van der Waals surface area (Å²) in [4.78, 5) is 2.50. The molecule has 1 aliphatic heterocycles. The quantitative estimate of drug-likeness (QED) is 0.633. The van der Waals surface area contributed by atoms with Crippen LogP contribution in [0.3, 0.4) is 0 Å². The van der Waals surface area contributed by atoms with Crippen molar-refractivity contribution >= 4 is 17.6 Å². The van der Waals surface area contributed by atoms with E-state index in [1.54, 1.807) is 0 Å². The summed E-state index contributed by atoms with van der Waals surface area (Å²) in [5.74, 6) is 3.52. The largest absolute Gasteiger partial charge is 0.303 e. The summed E-state index contributed by atoms with van der Waals surface area (Å²) in [5, 5.41) is 0. The third-order valence-corrected chi connectivity index (χ3v) is 3.54. The van der Waals surface area contributed by atoms with Gasteiger partial charge in [-0.15, -0.1) is 5.98 Å². The molecular weight excluding hydrogens is 177 g/mol. The van der Waals surface area contributed by atoms with Crippen molar-refractivity contribution in [1.82, 2.24) is 4.90 Å². The summed E-state index contributed by atoms with van der Waals surface area (Å²) in [6.07, 6.45) is 8.82. The van der Waals surface area contributed by atoms with E-state index >= 15 is 0 Å². The molecule has 0 spiro atoms. The monoisotopic (exact) mass is 195 g/mol. The van der Waals surface area contributed by atoms with Crippen molar-refractivity contribution in [2.45, 2.75) is 19.8 Å². The molecule has 1 nitrogen and oxygen atoms in total. The van der Waals surface area contributed by atoms with Gasteiger partial charge in [-0.1, -0.05) is 32.1 Å². The summed E-state index contributed by atoms with van der Waals surface area (Å²) >= 11 is 1.93. The molecule has 0 saturated heterocycles. The Hall–Kier alpha value is -0.145. The highest BCUT2D eigenvalue weighted by Crippen LogP contribution is 2.18. The molecule has 3 heteroatoms. The van der Waals surface area contributed by atoms with E-state index in [0.29, 0.717) is 11.9 Å². The SMILES string of the molecule is CCN(CC)C1C=CC=CB1SC. The molecular formula is C10H18BNS. The Morgan fingerprint density at radius 3 is 2.54 bits per heavy atom. The van der Waals surface area contributed by atoms with E-state index in [9.17, 15) is 0 Å². The van der Waals surface area contributed by atoms with Crippen LogP contribution < -0.4 is 0 Å². The first-order valence-corrected chi connectivity index (χ1v) is 6.24. The second-order valence-corrected chi connectivity index (χ2v) is 4.20. The van der Waals surface area contributed by atoms with Crippen LogP contribution in [0.1, 0.15) is 13.8 Å². The fraction of sp³-hybridized carbons (Fsp3) is 0.600. The van der Waals surface area contributed by atoms with E-state index < -0.39 is 0 Å². The molecule has 0 aromatic carbocycles. The molecule has 0 N–H and O–H groups in total. The molecule has 13 heavy (non-hydrogen) atoms. The maximum absolute atomic E-state index is 2.50. The number of nitrogens with zero attached hydrogens (tertiary/aromatic N) is 1. The highest BCUT2D eigenvalue weighted by atomic mass is 32.2. The first kappa shape index (κ1) is 10.9. The van der Waals surface area contributed by atoms with Crippen molar-refractivity contribution in [3.63, 3.8) is 0 Å². The Kier molecular flexibility index (Phi) is 4.67. The van der Waals surface area contributed by atoms with Crippen molar-refractivity contribution < 1.29 is 0 Å². The van der Waals surface area contributed by atoms with Gasteiger partial charge in [0.15, 0.2) is 0 Å². The van der Waals surface area contributed by atoms with Crippen molar-refractivity contribution in [2.24, 2.45) is 0 Å². The zero-order valence-electron chi connectivity index (χ0n) is 8.73. The minimum absolute atomic E-state index is 0.593. The smallest absolute Gasteiger partial charge is 0.255 e. The van der Waals surface area contributed by atoms with Gasteiger partial charge in [-0.25, -0.2) is 11.6 Å². The van der Waals surface area contributed by atoms with Crippen LogP contribution in [0.25, 0.3) is 0 Å². The number of allylic oxidation sites excluding steroid dienone is 2. The Morgan fingerprint density at radius 1 is 1.31 bits per heavy atom. The number of hydrogen-bond donors (Lipinski definition) is 0. The van der Waals surface area contributed by atoms with Crippen molar-refractivity contribution in [3.8, 4) is 0 Å². The van der Waals surface area contributed by atoms with E-state index in [0.717, 1.165) is 13.1 Å². The lowest BCUT2D eigenvalue weighted by Crippen LogP contribution is -2.43. The van der Waals surface area contributed by atoms with Gasteiger partial charge in [-0.2, -0.15) is 0 Å². The van der Waals surface area contributed by atoms with Crippen LogP contribution in [0, 0.1) is 0 Å². The topological polar surface area (TPSA) is 3.24 Å². The van der Waals surface area contributed by atoms with Gasteiger partial charge in [0.05, 0.1) is 0 Å². The average Bonchev–Trinajstić information content (AvgIpc) is 2.20. The second-order valence-electron chi connectivity index (χ2n) is 3.18. The van der Waals surface area contributed by atoms with E-state index in [1.807, 2.05) is 11.6 Å². The van der Waals surface area contributed by atoms with Crippen molar-refractivity contribution in [1.29, 1.82) is 0 Å². The van der Waals surface area contributed by atoms with Gasteiger partial charge < -0.3 is 4.90 Å². The summed E-state index contributed by atoms with van der Waals surface area (Å²) in [5.41, 5.74) is 0. The van der Waals surface area contributed by atoms with Crippen LogP contribution >= 0.6 is 11.6 Å². The van der Waals surface area contributed by atoms with Crippen LogP contribution in [0.2, 0.25) is 0 Å². The molecule has 1 aliphatic rings. The van der Waals surface area contributed by atoms with Crippen LogP contribution in [0.5, 0.6) is 0 Å². The van der Waals surface area contributed by atoms with E-state index in [1.165, 1.54) is 0 Å². The molecule has 1 unspecified atom stereocenters. The number of rotatable bonds is 4. The van der Waals surface area contributed by atoms with Gasteiger partial charge in [0, 0.05) is 5.94 Å². The van der Waals surface area contributed by atoms with E-state index in [-0.39, 0.29) is 0 Å². The minimum Gasteiger partial charge on any atom is -0.303 e. The zero-order chi connectivity index (χ0) is 9.68. The average molecular weight is 195 g/mol. The molecule has 0 fully saturated rings. The fourth-order valence-corrected chi connectivity index (χ4v) is 2.56. The molecule has 0 radical (unpaired) electrons. The third-order valence-electron chi connectivity index (χ3n) is 2.56. The molecule has 1 atom stereocenters. The lowest BCUT2D eigenvalue weighted by atomic mass is 9.64. The lowest BCUT2D eigenvalue weighted by molar-refractivity contribution is 0.307. The summed E-state index contributed by atoms with van der Waals surface area (Å²) in [7, 11) is 0. The summed E-state index contributed by atoms with van der Waals surface area (Å²) in [6, 6.07) is 0. The maximum atomic E-state index is 2.50. The predicted molar refractivity (Wildman–Crippen MR) is 64.3 cm³/mol. The van der Waals surface area contributed by atoms with Gasteiger partial charge in [0.1, 0.15) is 0 Å². The highest BCUT2D eigenvalue weighted by molar-refractivity contribution is 8.25. The van der Waals surface area contributed by atoms with E-state index in [4.69, 9.17) is 0 Å². The van der Waals surface area contributed by atoms with Gasteiger partial charge in [0.25, 0.3) is 5.99 Å². The Balaban J connectivity index is 2.65. The normalized spacial score (nSPS) is 21.5. The zero-order valence-corrected chi connectivity index (χ0v) is 9.55. The first-order chi connectivity index (χ1) is 6.33. The molecule has 1 heterocycles. The second kappa shape index (κ2) is 5.56. The third kappa shape index (κ3) is 2.65. The van der Waals surface area contributed by atoms with Gasteiger partial charge >= 0.3 is 0 Å². The Labute approximate surface area is 86.2 Å². The summed E-state index contributed by atoms with van der Waals surface area (Å²) in [6.45, 7) is 6.73. The van der Waals surface area contributed by atoms with Crippen LogP contribution in [-0.4, -0.2) is 36.2 Å². The van der Waals surface area contributed by atoms with Crippen LogP contribution in [0.4, 0.5) is 0 Å². The number of likely N-dealkylation sites (N-methyl/N-ethyl adjacent to an activating group) is 1. The molecule has 1 rings (SSSR count). The molecule has 0 saturated carbocycles. The maximum Gasteiger partial charge on any atom is 0.255 e. The number of hydrogen-bond acceptors (Lipinski definition) is 2. The van der Waals surface area contributed by atoms with E-state index in [2.05, 4.69) is 49.2 Å². The molecule has 72 valence electrons.